The van der Waals surface area contributed by atoms with Crippen molar-refractivity contribution in [2.45, 2.75) is 0 Å². The number of carboxylic acid groups (broad SMARTS) is 1. The van der Waals surface area contributed by atoms with E-state index in [1.54, 1.807) is 18.3 Å². The summed E-state index contributed by atoms with van der Waals surface area (Å²) in [6.07, 6.45) is 1.68. The Hall–Kier alpha value is -1.87. The quantitative estimate of drug-likeness (QED) is 0.197. The Bertz CT molecular complexity index is 1130. The average molecular weight is 602 g/mol. The Balaban J connectivity index is 0.000000198. The minimum absolute atomic E-state index is 0. The largest absolute Gasteiger partial charge is 0.506 e. The van der Waals surface area contributed by atoms with Crippen LogP contribution in [-0.4, -0.2) is 26.3 Å². The average Bonchev–Trinajstić information content (AvgIpc) is 2.68. The summed E-state index contributed by atoms with van der Waals surface area (Å²) in [7, 11) is 0. The second-order valence-corrected chi connectivity index (χ2v) is 7.53. The SMILES string of the molecule is O=C(O)c1cc2ccccc2c(Br)c1O.Oc1ccc(I)c2cccnc12.[Cu]. The topological polar surface area (TPSA) is 90.7 Å². The van der Waals surface area contributed by atoms with E-state index in [4.69, 9.17) is 5.11 Å². The van der Waals surface area contributed by atoms with E-state index in [1.807, 2.05) is 36.4 Å². The molecule has 4 aromatic rings. The molecule has 0 aliphatic rings. The summed E-state index contributed by atoms with van der Waals surface area (Å²) in [6, 6.07) is 16.1. The van der Waals surface area contributed by atoms with Gasteiger partial charge in [-0.15, -0.1) is 0 Å². The fourth-order valence-electron chi connectivity index (χ4n) is 2.58. The minimum Gasteiger partial charge on any atom is -0.506 e. The molecule has 0 aliphatic carbocycles. The third kappa shape index (κ3) is 4.57. The van der Waals surface area contributed by atoms with Crippen LogP contribution in [0.25, 0.3) is 21.7 Å². The van der Waals surface area contributed by atoms with Crippen LogP contribution in [0.3, 0.4) is 0 Å². The summed E-state index contributed by atoms with van der Waals surface area (Å²) in [4.78, 5) is 14.9. The number of aromatic carboxylic acids is 1. The molecule has 1 aromatic heterocycles. The fraction of sp³-hybridized carbons (Fsp3) is 0. The summed E-state index contributed by atoms with van der Waals surface area (Å²) < 4.78 is 1.52. The molecule has 0 bridgehead atoms. The van der Waals surface area contributed by atoms with Crippen LogP contribution in [0, 0.1) is 3.57 Å². The van der Waals surface area contributed by atoms with Crippen molar-refractivity contribution < 1.29 is 37.2 Å². The second kappa shape index (κ2) is 9.56. The number of hydrogen-bond acceptors (Lipinski definition) is 4. The number of benzene rings is 3. The molecular weight excluding hydrogens is 589 g/mol. The molecule has 0 atom stereocenters. The molecule has 0 aliphatic heterocycles. The number of phenolic OH excluding ortho intramolecular Hbond substituents is 1. The molecule has 3 aromatic carbocycles. The normalized spacial score (nSPS) is 10.1. The fourth-order valence-corrected chi connectivity index (χ4v) is 3.77. The van der Waals surface area contributed by atoms with E-state index in [-0.39, 0.29) is 34.1 Å². The number of pyridine rings is 1. The van der Waals surface area contributed by atoms with Crippen molar-refractivity contribution >= 4 is 66.2 Å². The van der Waals surface area contributed by atoms with Crippen molar-refractivity contribution in [1.82, 2.24) is 4.98 Å². The maximum atomic E-state index is 10.8. The van der Waals surface area contributed by atoms with Gasteiger partial charge in [0, 0.05) is 32.2 Å². The number of rotatable bonds is 1. The molecule has 0 saturated heterocycles. The van der Waals surface area contributed by atoms with Gasteiger partial charge in [0.1, 0.15) is 22.6 Å². The predicted molar refractivity (Wildman–Crippen MR) is 116 cm³/mol. The Labute approximate surface area is 193 Å². The van der Waals surface area contributed by atoms with E-state index in [0.29, 0.717) is 9.99 Å². The van der Waals surface area contributed by atoms with Crippen LogP contribution in [0.2, 0.25) is 0 Å². The van der Waals surface area contributed by atoms with E-state index in [1.165, 1.54) is 6.07 Å². The molecule has 1 radical (unpaired) electrons. The molecule has 5 nitrogen and oxygen atoms in total. The van der Waals surface area contributed by atoms with Gasteiger partial charge >= 0.3 is 5.97 Å². The first kappa shape index (κ1) is 22.4. The van der Waals surface area contributed by atoms with Crippen LogP contribution in [0.4, 0.5) is 0 Å². The van der Waals surface area contributed by atoms with Crippen LogP contribution in [0.15, 0.2) is 65.3 Å². The minimum atomic E-state index is -1.14. The third-order valence-corrected chi connectivity index (χ3v) is 5.63. The van der Waals surface area contributed by atoms with Crippen molar-refractivity contribution in [1.29, 1.82) is 0 Å². The molecule has 1 heterocycles. The first-order chi connectivity index (χ1) is 12.9. The molecule has 0 amide bonds. The summed E-state index contributed by atoms with van der Waals surface area (Å²) in [6.45, 7) is 0. The van der Waals surface area contributed by atoms with Gasteiger partial charge in [-0.3, -0.25) is 4.98 Å². The molecular formula is C20H13BrCuINO4. The van der Waals surface area contributed by atoms with Gasteiger partial charge < -0.3 is 15.3 Å². The van der Waals surface area contributed by atoms with Crippen LogP contribution in [0.1, 0.15) is 10.4 Å². The number of phenols is 2. The Morgan fingerprint density at radius 2 is 1.68 bits per heavy atom. The zero-order chi connectivity index (χ0) is 19.6. The van der Waals surface area contributed by atoms with Gasteiger partial charge in [-0.1, -0.05) is 30.3 Å². The second-order valence-electron chi connectivity index (χ2n) is 5.58. The van der Waals surface area contributed by atoms with Crippen molar-refractivity contribution in [3.8, 4) is 11.5 Å². The summed E-state index contributed by atoms with van der Waals surface area (Å²) in [5.74, 6) is -1.13. The number of nitrogens with zero attached hydrogens (tertiary/aromatic N) is 1. The van der Waals surface area contributed by atoms with E-state index in [9.17, 15) is 15.0 Å². The number of carbonyl (C=O) groups is 1. The summed E-state index contributed by atoms with van der Waals surface area (Å²) in [5, 5.41) is 30.5. The van der Waals surface area contributed by atoms with Gasteiger partial charge in [0.25, 0.3) is 0 Å². The first-order valence-corrected chi connectivity index (χ1v) is 9.63. The molecule has 4 rings (SSSR count). The van der Waals surface area contributed by atoms with Crippen LogP contribution in [0.5, 0.6) is 11.5 Å². The molecule has 28 heavy (non-hydrogen) atoms. The number of aromatic nitrogens is 1. The molecule has 0 unspecified atom stereocenters. The van der Waals surface area contributed by atoms with E-state index < -0.39 is 5.97 Å². The van der Waals surface area contributed by atoms with Crippen molar-refractivity contribution in [3.63, 3.8) is 0 Å². The number of aromatic hydroxyl groups is 2. The molecule has 0 fully saturated rings. The smallest absolute Gasteiger partial charge is 0.339 e. The van der Waals surface area contributed by atoms with E-state index in [2.05, 4.69) is 43.5 Å². The van der Waals surface area contributed by atoms with Gasteiger partial charge in [-0.05, 0) is 73.6 Å². The number of halogens is 2. The Morgan fingerprint density at radius 3 is 2.36 bits per heavy atom. The van der Waals surface area contributed by atoms with Gasteiger partial charge in [0.15, 0.2) is 0 Å². The molecule has 3 N–H and O–H groups in total. The zero-order valence-corrected chi connectivity index (χ0v) is 18.7. The number of hydrogen-bond donors (Lipinski definition) is 3. The molecule has 0 spiro atoms. The van der Waals surface area contributed by atoms with Crippen molar-refractivity contribution in [2.24, 2.45) is 0 Å². The van der Waals surface area contributed by atoms with Gasteiger partial charge in [0.2, 0.25) is 0 Å². The van der Waals surface area contributed by atoms with Gasteiger partial charge in [-0.2, -0.15) is 0 Å². The monoisotopic (exact) mass is 600 g/mol. The zero-order valence-electron chi connectivity index (χ0n) is 14.0. The number of fused-ring (bicyclic) bond motifs is 2. The van der Waals surface area contributed by atoms with Crippen molar-refractivity contribution in [2.75, 3.05) is 0 Å². The van der Waals surface area contributed by atoms with Crippen LogP contribution >= 0.6 is 38.5 Å². The predicted octanol–water partition coefficient (Wildman–Crippen LogP) is 5.55. The summed E-state index contributed by atoms with van der Waals surface area (Å²) >= 11 is 5.41. The molecule has 147 valence electrons. The molecule has 8 heteroatoms. The van der Waals surface area contributed by atoms with Crippen LogP contribution < -0.4 is 0 Å². The van der Waals surface area contributed by atoms with Gasteiger partial charge in [-0.25, -0.2) is 4.79 Å². The van der Waals surface area contributed by atoms with Crippen LogP contribution in [-0.2, 0) is 17.1 Å². The van der Waals surface area contributed by atoms with Crippen molar-refractivity contribution in [3.05, 3.63) is 74.4 Å². The first-order valence-electron chi connectivity index (χ1n) is 7.76. The Kier molecular flexibility index (Phi) is 7.65. The standard InChI is InChI=1S/C11H7BrO3.C9H6INO.Cu/c12-9-7-4-2-1-3-6(7)5-8(10(9)13)11(14)15;10-7-3-4-8(12)9-6(7)2-1-5-11-9;/h1-5,13H,(H,14,15);1-5,12H;. The van der Waals surface area contributed by atoms with E-state index in [0.717, 1.165) is 19.7 Å². The number of carboxylic acids is 1. The maximum Gasteiger partial charge on any atom is 0.339 e. The molecule has 0 saturated carbocycles. The van der Waals surface area contributed by atoms with E-state index >= 15 is 0 Å². The summed E-state index contributed by atoms with van der Waals surface area (Å²) in [5.41, 5.74) is 0.574. The maximum absolute atomic E-state index is 10.8. The van der Waals surface area contributed by atoms with Gasteiger partial charge in [0.05, 0.1) is 4.47 Å². The third-order valence-electron chi connectivity index (χ3n) is 3.89. The Morgan fingerprint density at radius 1 is 1.00 bits per heavy atom.